The molecule has 0 aromatic carbocycles. The number of hydrogen-bond donors (Lipinski definition) is 3. The zero-order valence-corrected chi connectivity index (χ0v) is 22.5. The molecule has 0 bridgehead atoms. The SMILES string of the molecule is CC(C)OCCN(CCCCc1ccc2c(n1)NCCC2)CC[C@H](NC(=O)N1[C@H](C)C[C@H]1C)C(=O)O. The van der Waals surface area contributed by atoms with Gasteiger partial charge in [-0.3, -0.25) is 0 Å². The van der Waals surface area contributed by atoms with Crippen molar-refractivity contribution in [2.45, 2.75) is 96.9 Å². The zero-order valence-electron chi connectivity index (χ0n) is 22.5. The van der Waals surface area contributed by atoms with Gasteiger partial charge >= 0.3 is 12.0 Å². The number of ether oxygens (including phenoxy) is 1. The second-order valence-corrected chi connectivity index (χ2v) is 10.5. The van der Waals surface area contributed by atoms with Gasteiger partial charge in [0.15, 0.2) is 0 Å². The van der Waals surface area contributed by atoms with Crippen molar-refractivity contribution in [1.82, 2.24) is 20.1 Å². The van der Waals surface area contributed by atoms with Gasteiger partial charge in [-0.15, -0.1) is 0 Å². The number of fused-ring (bicyclic) bond motifs is 1. The van der Waals surface area contributed by atoms with Crippen molar-refractivity contribution < 1.29 is 19.4 Å². The fraction of sp³-hybridized carbons (Fsp3) is 0.741. The number of nitrogens with zero attached hydrogens (tertiary/aromatic N) is 3. The molecule has 1 aromatic heterocycles. The summed E-state index contributed by atoms with van der Waals surface area (Å²) in [7, 11) is 0. The number of likely N-dealkylation sites (tertiary alicyclic amines) is 1. The van der Waals surface area contributed by atoms with Crippen LogP contribution in [0.25, 0.3) is 0 Å². The van der Waals surface area contributed by atoms with Crippen LogP contribution in [0.4, 0.5) is 10.6 Å². The lowest BCUT2D eigenvalue weighted by molar-refractivity contribution is -0.139. The van der Waals surface area contributed by atoms with Crippen molar-refractivity contribution in [3.8, 4) is 0 Å². The average Bonchev–Trinajstić information content (AvgIpc) is 2.83. The molecule has 2 aliphatic rings. The number of carbonyl (C=O) groups excluding carboxylic acids is 1. The monoisotopic (exact) mass is 503 g/mol. The number of aryl methyl sites for hydroxylation is 2. The molecule has 36 heavy (non-hydrogen) atoms. The Kier molecular flexibility index (Phi) is 10.8. The number of pyridine rings is 1. The van der Waals surface area contributed by atoms with Crippen LogP contribution >= 0.6 is 0 Å². The lowest BCUT2D eigenvalue weighted by atomic mass is 9.96. The molecule has 2 amide bonds. The van der Waals surface area contributed by atoms with Crippen LogP contribution in [0.2, 0.25) is 0 Å². The first-order valence-electron chi connectivity index (χ1n) is 13.6. The van der Waals surface area contributed by atoms with Crippen LogP contribution in [-0.4, -0.2) is 88.9 Å². The summed E-state index contributed by atoms with van der Waals surface area (Å²) in [5.41, 5.74) is 2.42. The standard InChI is InChI=1S/C27H45N5O4/c1-19(2)36-17-16-31(14-6-5-9-23-11-10-22-8-7-13-28-25(22)29-23)15-12-24(26(33)34)30-27(35)32-20(3)18-21(32)4/h10-11,19-21,24H,5-9,12-18H2,1-4H3,(H,28,29)(H,30,35)(H,33,34)/t20-,21-,24+/m1/s1. The fourth-order valence-electron chi connectivity index (χ4n) is 5.11. The maximum atomic E-state index is 12.6. The molecule has 3 atom stereocenters. The number of rotatable bonds is 14. The van der Waals surface area contributed by atoms with Crippen LogP contribution in [0.5, 0.6) is 0 Å². The number of carboxylic acids is 1. The van der Waals surface area contributed by atoms with E-state index in [0.29, 0.717) is 19.6 Å². The lowest BCUT2D eigenvalue weighted by Gasteiger charge is -2.45. The number of hydrogen-bond acceptors (Lipinski definition) is 6. The van der Waals surface area contributed by atoms with Crippen molar-refractivity contribution in [2.24, 2.45) is 0 Å². The van der Waals surface area contributed by atoms with Crippen LogP contribution < -0.4 is 10.6 Å². The Hall–Kier alpha value is -2.39. The molecular weight excluding hydrogens is 458 g/mol. The highest BCUT2D eigenvalue weighted by Crippen LogP contribution is 2.25. The summed E-state index contributed by atoms with van der Waals surface area (Å²) in [4.78, 5) is 33.2. The number of anilines is 1. The third kappa shape index (κ3) is 8.34. The number of carboxylic acid groups (broad SMARTS) is 1. The van der Waals surface area contributed by atoms with Crippen LogP contribution in [-0.2, 0) is 22.4 Å². The topological polar surface area (TPSA) is 107 Å². The number of unbranched alkanes of at least 4 members (excludes halogenated alkanes) is 1. The Balaban J connectivity index is 1.47. The molecule has 0 spiro atoms. The fourth-order valence-corrected chi connectivity index (χ4v) is 5.11. The van der Waals surface area contributed by atoms with Gasteiger partial charge in [-0.1, -0.05) is 6.07 Å². The summed E-state index contributed by atoms with van der Waals surface area (Å²) in [5, 5.41) is 15.9. The van der Waals surface area contributed by atoms with Gasteiger partial charge in [-0.2, -0.15) is 0 Å². The second-order valence-electron chi connectivity index (χ2n) is 10.5. The second kappa shape index (κ2) is 13.8. The minimum absolute atomic E-state index is 0.152. The summed E-state index contributed by atoms with van der Waals surface area (Å²) >= 11 is 0. The minimum Gasteiger partial charge on any atom is -0.480 e. The normalized spacial score (nSPS) is 20.0. The molecule has 0 aliphatic carbocycles. The van der Waals surface area contributed by atoms with Gasteiger partial charge in [0.25, 0.3) is 0 Å². The van der Waals surface area contributed by atoms with Gasteiger partial charge < -0.3 is 30.3 Å². The third-order valence-corrected chi connectivity index (χ3v) is 7.16. The maximum absolute atomic E-state index is 12.6. The molecule has 9 nitrogen and oxygen atoms in total. The summed E-state index contributed by atoms with van der Waals surface area (Å²) in [6.45, 7) is 11.8. The van der Waals surface area contributed by atoms with E-state index in [9.17, 15) is 14.7 Å². The molecule has 1 fully saturated rings. The van der Waals surface area contributed by atoms with Crippen molar-refractivity contribution in [3.63, 3.8) is 0 Å². The lowest BCUT2D eigenvalue weighted by Crippen LogP contribution is -2.61. The first-order chi connectivity index (χ1) is 17.2. The van der Waals surface area contributed by atoms with Crippen LogP contribution in [0, 0.1) is 0 Å². The average molecular weight is 504 g/mol. The molecule has 0 saturated carbocycles. The van der Waals surface area contributed by atoms with Crippen LogP contribution in [0.1, 0.15) is 71.1 Å². The van der Waals surface area contributed by atoms with Crippen molar-refractivity contribution in [2.75, 3.05) is 38.1 Å². The van der Waals surface area contributed by atoms with Crippen molar-refractivity contribution in [3.05, 3.63) is 23.4 Å². The summed E-state index contributed by atoms with van der Waals surface area (Å²) in [6, 6.07) is 3.45. The first kappa shape index (κ1) is 28.2. The van der Waals surface area contributed by atoms with Crippen molar-refractivity contribution in [1.29, 1.82) is 0 Å². The predicted octanol–water partition coefficient (Wildman–Crippen LogP) is 3.53. The molecule has 0 radical (unpaired) electrons. The molecule has 202 valence electrons. The van der Waals surface area contributed by atoms with E-state index in [4.69, 9.17) is 9.72 Å². The number of carbonyl (C=O) groups is 2. The van der Waals surface area contributed by atoms with Gasteiger partial charge in [0, 0.05) is 37.4 Å². The smallest absolute Gasteiger partial charge is 0.326 e. The van der Waals surface area contributed by atoms with E-state index in [-0.39, 0.29) is 24.2 Å². The van der Waals surface area contributed by atoms with Crippen LogP contribution in [0.15, 0.2) is 12.1 Å². The Labute approximate surface area is 216 Å². The largest absolute Gasteiger partial charge is 0.480 e. The summed E-state index contributed by atoms with van der Waals surface area (Å²) in [5.74, 6) is 0.0460. The summed E-state index contributed by atoms with van der Waals surface area (Å²) < 4.78 is 5.75. The highest BCUT2D eigenvalue weighted by atomic mass is 16.5. The molecule has 3 heterocycles. The van der Waals surface area contributed by atoms with E-state index in [1.165, 1.54) is 5.56 Å². The Morgan fingerprint density at radius 3 is 2.69 bits per heavy atom. The summed E-state index contributed by atoms with van der Waals surface area (Å²) in [6.07, 6.45) is 6.64. The van der Waals surface area contributed by atoms with E-state index in [1.54, 1.807) is 4.90 Å². The first-order valence-corrected chi connectivity index (χ1v) is 13.6. The number of aromatic nitrogens is 1. The molecule has 1 saturated heterocycles. The molecule has 9 heteroatoms. The van der Waals surface area contributed by atoms with E-state index in [0.717, 1.165) is 69.7 Å². The van der Waals surface area contributed by atoms with E-state index < -0.39 is 12.0 Å². The van der Waals surface area contributed by atoms with Gasteiger partial charge in [0.05, 0.1) is 12.7 Å². The molecule has 0 unspecified atom stereocenters. The Bertz CT molecular complexity index is 857. The number of amides is 2. The Morgan fingerprint density at radius 2 is 2.00 bits per heavy atom. The molecule has 3 rings (SSSR count). The number of aliphatic carboxylic acids is 1. The molecule has 3 N–H and O–H groups in total. The maximum Gasteiger partial charge on any atom is 0.326 e. The van der Waals surface area contributed by atoms with Gasteiger partial charge in [-0.05, 0) is 90.8 Å². The minimum atomic E-state index is -0.991. The predicted molar refractivity (Wildman–Crippen MR) is 141 cm³/mol. The Morgan fingerprint density at radius 1 is 1.22 bits per heavy atom. The molecule has 2 aliphatic heterocycles. The highest BCUT2D eigenvalue weighted by Gasteiger charge is 2.37. The quantitative estimate of drug-likeness (QED) is 0.334. The van der Waals surface area contributed by atoms with Gasteiger partial charge in [0.2, 0.25) is 0 Å². The number of nitrogens with one attached hydrogen (secondary N) is 2. The highest BCUT2D eigenvalue weighted by molar-refractivity contribution is 5.83. The van der Waals surface area contributed by atoms with Gasteiger partial charge in [-0.25, -0.2) is 14.6 Å². The van der Waals surface area contributed by atoms with E-state index in [1.807, 2.05) is 27.7 Å². The zero-order chi connectivity index (χ0) is 26.1. The van der Waals surface area contributed by atoms with Gasteiger partial charge in [0.1, 0.15) is 11.9 Å². The number of urea groups is 1. The molecule has 1 aromatic rings. The molecular formula is C27H45N5O4. The third-order valence-electron chi connectivity index (χ3n) is 7.16. The van der Waals surface area contributed by atoms with E-state index >= 15 is 0 Å². The van der Waals surface area contributed by atoms with Crippen LogP contribution in [0.3, 0.4) is 0 Å². The van der Waals surface area contributed by atoms with E-state index in [2.05, 4.69) is 27.7 Å². The van der Waals surface area contributed by atoms with Crippen molar-refractivity contribution >= 4 is 17.8 Å².